The highest BCUT2D eigenvalue weighted by atomic mass is 79.9. The van der Waals surface area contributed by atoms with Gasteiger partial charge in [-0.05, 0) is 59.3 Å². The van der Waals surface area contributed by atoms with E-state index in [-0.39, 0.29) is 5.91 Å². The fourth-order valence-corrected chi connectivity index (χ4v) is 1.74. The van der Waals surface area contributed by atoms with Gasteiger partial charge in [0.1, 0.15) is 11.6 Å². The average molecular weight is 321 g/mol. The Morgan fingerprint density at radius 1 is 1.26 bits per heavy atom. The molecule has 0 fully saturated rings. The molecular weight excluding hydrogens is 308 g/mol. The molecule has 2 aromatic rings. The minimum absolute atomic E-state index is 0.196. The van der Waals surface area contributed by atoms with Crippen molar-refractivity contribution in [1.29, 1.82) is 0 Å². The van der Waals surface area contributed by atoms with E-state index in [4.69, 9.17) is 4.74 Å². The summed E-state index contributed by atoms with van der Waals surface area (Å²) in [4.78, 5) is 16.1. The van der Waals surface area contributed by atoms with Crippen LogP contribution in [0.2, 0.25) is 0 Å². The van der Waals surface area contributed by atoms with E-state index < -0.39 is 0 Å². The third kappa shape index (κ3) is 3.79. The van der Waals surface area contributed by atoms with Gasteiger partial charge in [0.15, 0.2) is 0 Å². The van der Waals surface area contributed by atoms with Crippen LogP contribution in [-0.2, 0) is 0 Å². The van der Waals surface area contributed by atoms with Crippen LogP contribution in [0.5, 0.6) is 5.75 Å². The number of hydrogen-bond acceptors (Lipinski definition) is 3. The summed E-state index contributed by atoms with van der Waals surface area (Å²) in [6, 6.07) is 10.5. The Morgan fingerprint density at radius 3 is 2.58 bits per heavy atom. The average Bonchev–Trinajstić information content (AvgIpc) is 2.42. The summed E-state index contributed by atoms with van der Waals surface area (Å²) in [5, 5.41) is 2.73. The van der Waals surface area contributed by atoms with Crippen molar-refractivity contribution in [1.82, 2.24) is 4.98 Å². The molecule has 1 aromatic heterocycles. The van der Waals surface area contributed by atoms with E-state index in [2.05, 4.69) is 26.2 Å². The molecule has 0 aliphatic heterocycles. The normalized spacial score (nSPS) is 10.0. The lowest BCUT2D eigenvalue weighted by Gasteiger charge is -2.06. The maximum absolute atomic E-state index is 12.0. The maximum atomic E-state index is 12.0. The Labute approximate surface area is 119 Å². The van der Waals surface area contributed by atoms with Crippen LogP contribution in [0.3, 0.4) is 0 Å². The summed E-state index contributed by atoms with van der Waals surface area (Å²) in [5.74, 6) is 1.07. The minimum Gasteiger partial charge on any atom is -0.494 e. The van der Waals surface area contributed by atoms with Crippen molar-refractivity contribution in [3.8, 4) is 5.75 Å². The van der Waals surface area contributed by atoms with Gasteiger partial charge in [0.2, 0.25) is 0 Å². The number of carbonyl (C=O) groups is 1. The van der Waals surface area contributed by atoms with E-state index in [0.29, 0.717) is 18.0 Å². The first-order valence-corrected chi connectivity index (χ1v) is 6.64. The van der Waals surface area contributed by atoms with Crippen LogP contribution in [0.1, 0.15) is 17.3 Å². The quantitative estimate of drug-likeness (QED) is 0.938. The summed E-state index contributed by atoms with van der Waals surface area (Å²) in [5.41, 5.74) is 0.563. The number of amides is 1. The first-order valence-electron chi connectivity index (χ1n) is 5.85. The fourth-order valence-electron chi connectivity index (χ4n) is 1.51. The molecule has 19 heavy (non-hydrogen) atoms. The van der Waals surface area contributed by atoms with E-state index in [1.54, 1.807) is 36.5 Å². The Kier molecular flexibility index (Phi) is 4.52. The molecule has 0 unspecified atom stereocenters. The molecule has 1 amide bonds. The first kappa shape index (κ1) is 13.5. The molecule has 1 N–H and O–H groups in total. The largest absolute Gasteiger partial charge is 0.494 e. The number of hydrogen-bond donors (Lipinski definition) is 1. The maximum Gasteiger partial charge on any atom is 0.256 e. The SMILES string of the molecule is CCOc1ccc(C(=O)Nc2ccc(Br)cn2)cc1. The third-order valence-corrected chi connectivity index (χ3v) is 2.87. The van der Waals surface area contributed by atoms with Crippen molar-refractivity contribution in [2.45, 2.75) is 6.92 Å². The van der Waals surface area contributed by atoms with Gasteiger partial charge in [-0.2, -0.15) is 0 Å². The van der Waals surface area contributed by atoms with Gasteiger partial charge in [-0.25, -0.2) is 4.98 Å². The molecule has 1 aromatic carbocycles. The summed E-state index contributed by atoms with van der Waals surface area (Å²) < 4.78 is 6.19. The van der Waals surface area contributed by atoms with E-state index >= 15 is 0 Å². The van der Waals surface area contributed by atoms with Crippen molar-refractivity contribution in [3.05, 3.63) is 52.6 Å². The van der Waals surface area contributed by atoms with Gasteiger partial charge in [0.05, 0.1) is 6.61 Å². The van der Waals surface area contributed by atoms with Crippen LogP contribution in [0.4, 0.5) is 5.82 Å². The van der Waals surface area contributed by atoms with Crippen molar-refractivity contribution in [2.75, 3.05) is 11.9 Å². The second-order valence-corrected chi connectivity index (χ2v) is 4.69. The topological polar surface area (TPSA) is 51.2 Å². The Hall–Kier alpha value is -1.88. The van der Waals surface area contributed by atoms with E-state index in [1.165, 1.54) is 0 Å². The summed E-state index contributed by atoms with van der Waals surface area (Å²) in [6.45, 7) is 2.52. The molecule has 5 heteroatoms. The monoisotopic (exact) mass is 320 g/mol. The highest BCUT2D eigenvalue weighted by molar-refractivity contribution is 9.10. The van der Waals surface area contributed by atoms with E-state index in [0.717, 1.165) is 10.2 Å². The lowest BCUT2D eigenvalue weighted by atomic mass is 10.2. The second kappa shape index (κ2) is 6.33. The molecule has 0 saturated heterocycles. The van der Waals surface area contributed by atoms with Crippen molar-refractivity contribution in [2.24, 2.45) is 0 Å². The lowest BCUT2D eigenvalue weighted by Crippen LogP contribution is -2.12. The predicted molar refractivity (Wildman–Crippen MR) is 77.5 cm³/mol. The molecule has 98 valence electrons. The van der Waals surface area contributed by atoms with Gasteiger partial charge in [-0.15, -0.1) is 0 Å². The lowest BCUT2D eigenvalue weighted by molar-refractivity contribution is 0.102. The van der Waals surface area contributed by atoms with Crippen molar-refractivity contribution < 1.29 is 9.53 Å². The van der Waals surface area contributed by atoms with Gasteiger partial charge in [-0.1, -0.05) is 0 Å². The number of nitrogens with one attached hydrogen (secondary N) is 1. The second-order valence-electron chi connectivity index (χ2n) is 3.77. The van der Waals surface area contributed by atoms with Crippen LogP contribution in [-0.4, -0.2) is 17.5 Å². The molecule has 0 atom stereocenters. The third-order valence-electron chi connectivity index (χ3n) is 2.40. The Balaban J connectivity index is 2.05. The molecule has 0 bridgehead atoms. The number of nitrogens with zero attached hydrogens (tertiary/aromatic N) is 1. The number of aromatic nitrogens is 1. The summed E-state index contributed by atoms with van der Waals surface area (Å²) >= 11 is 3.29. The van der Waals surface area contributed by atoms with Crippen LogP contribution < -0.4 is 10.1 Å². The smallest absolute Gasteiger partial charge is 0.256 e. The van der Waals surface area contributed by atoms with Crippen LogP contribution in [0.25, 0.3) is 0 Å². The first-order chi connectivity index (χ1) is 9.19. The summed E-state index contributed by atoms with van der Waals surface area (Å²) in [7, 11) is 0. The molecule has 0 spiro atoms. The van der Waals surface area contributed by atoms with Gasteiger partial charge >= 0.3 is 0 Å². The number of carbonyl (C=O) groups excluding carboxylic acids is 1. The van der Waals surface area contributed by atoms with Gasteiger partial charge in [0, 0.05) is 16.2 Å². The van der Waals surface area contributed by atoms with Gasteiger partial charge in [0.25, 0.3) is 5.91 Å². The fraction of sp³-hybridized carbons (Fsp3) is 0.143. The standard InChI is InChI=1S/C14H13BrN2O2/c1-2-19-12-6-3-10(4-7-12)14(18)17-13-8-5-11(15)9-16-13/h3-9H,2H2,1H3,(H,16,17,18). The van der Waals surface area contributed by atoms with Gasteiger partial charge < -0.3 is 10.1 Å². The Bertz CT molecular complexity index is 553. The number of rotatable bonds is 4. The minimum atomic E-state index is -0.196. The molecule has 0 aliphatic carbocycles. The molecule has 0 radical (unpaired) electrons. The zero-order valence-corrected chi connectivity index (χ0v) is 12.0. The highest BCUT2D eigenvalue weighted by Crippen LogP contribution is 2.14. The number of pyridine rings is 1. The predicted octanol–water partition coefficient (Wildman–Crippen LogP) is 3.50. The van der Waals surface area contributed by atoms with E-state index in [9.17, 15) is 4.79 Å². The zero-order chi connectivity index (χ0) is 13.7. The molecule has 0 aliphatic rings. The molecular formula is C14H13BrN2O2. The molecule has 2 rings (SSSR count). The number of halogens is 1. The van der Waals surface area contributed by atoms with E-state index in [1.807, 2.05) is 13.0 Å². The van der Waals surface area contributed by atoms with Crippen molar-refractivity contribution >= 4 is 27.7 Å². The van der Waals surface area contributed by atoms with Crippen LogP contribution >= 0.6 is 15.9 Å². The number of anilines is 1. The van der Waals surface area contributed by atoms with Crippen LogP contribution in [0.15, 0.2) is 47.1 Å². The Morgan fingerprint density at radius 2 is 2.00 bits per heavy atom. The van der Waals surface area contributed by atoms with Crippen molar-refractivity contribution in [3.63, 3.8) is 0 Å². The molecule has 1 heterocycles. The summed E-state index contributed by atoms with van der Waals surface area (Å²) in [6.07, 6.45) is 1.63. The number of ether oxygens (including phenoxy) is 1. The van der Waals surface area contributed by atoms with Crippen LogP contribution in [0, 0.1) is 0 Å². The zero-order valence-electron chi connectivity index (χ0n) is 10.4. The highest BCUT2D eigenvalue weighted by Gasteiger charge is 2.06. The number of benzene rings is 1. The molecule has 4 nitrogen and oxygen atoms in total. The molecule has 0 saturated carbocycles. The van der Waals surface area contributed by atoms with Gasteiger partial charge in [-0.3, -0.25) is 4.79 Å².